The Morgan fingerprint density at radius 1 is 1.29 bits per heavy atom. The summed E-state index contributed by atoms with van der Waals surface area (Å²) in [6, 6.07) is 7.56. The van der Waals surface area contributed by atoms with E-state index in [0.717, 1.165) is 17.0 Å². The van der Waals surface area contributed by atoms with Gasteiger partial charge in [-0.15, -0.1) is 0 Å². The van der Waals surface area contributed by atoms with Crippen LogP contribution in [0.5, 0.6) is 0 Å². The van der Waals surface area contributed by atoms with E-state index in [9.17, 15) is 4.79 Å². The minimum Gasteiger partial charge on any atom is -0.345 e. The van der Waals surface area contributed by atoms with Crippen molar-refractivity contribution < 1.29 is 4.79 Å². The molecule has 0 amide bonds. The normalized spacial score (nSPS) is 11.5. The van der Waals surface area contributed by atoms with Crippen molar-refractivity contribution in [2.75, 3.05) is 0 Å². The summed E-state index contributed by atoms with van der Waals surface area (Å²) in [4.78, 5) is 19.4. The number of hydrogen-bond donors (Lipinski definition) is 1. The summed E-state index contributed by atoms with van der Waals surface area (Å²) >= 11 is 0. The first-order valence-corrected chi connectivity index (χ1v) is 5.63. The third-order valence-corrected chi connectivity index (χ3v) is 2.58. The number of carbonyl (C=O) groups is 1. The van der Waals surface area contributed by atoms with Gasteiger partial charge in [-0.25, -0.2) is 4.98 Å². The molecule has 2 rings (SSSR count). The van der Waals surface area contributed by atoms with Gasteiger partial charge in [-0.1, -0.05) is 39.0 Å². The van der Waals surface area contributed by atoms with Crippen LogP contribution < -0.4 is 0 Å². The van der Waals surface area contributed by atoms with Crippen LogP contribution >= 0.6 is 0 Å². The molecule has 3 nitrogen and oxygen atoms in total. The molecule has 0 spiro atoms. The van der Waals surface area contributed by atoms with Crippen molar-refractivity contribution in [3.63, 3.8) is 0 Å². The maximum Gasteiger partial charge on any atom is 0.168 e. The van der Waals surface area contributed by atoms with Crippen LogP contribution in [-0.4, -0.2) is 15.8 Å². The zero-order valence-electron chi connectivity index (χ0n) is 10.3. The highest BCUT2D eigenvalue weighted by atomic mass is 16.1. The number of carbonyl (C=O) groups excluding carboxylic acids is 1. The number of Topliss-reactive ketones (excluding diaryl/α,β-unsaturated/α-hetero) is 1. The lowest BCUT2D eigenvalue weighted by atomic mass is 9.86. The summed E-state index contributed by atoms with van der Waals surface area (Å²) in [6.45, 7) is 5.78. The molecule has 2 aromatic rings. The van der Waals surface area contributed by atoms with Gasteiger partial charge in [-0.05, 0) is 6.07 Å². The standard InChI is InChI=1S/C14H16N2O/c1-14(2,3)12(17)10-5-4-6-11(9-10)13-15-7-8-16-13/h4-9H,1-3H3,(H,15,16). The molecule has 0 radical (unpaired) electrons. The number of hydrogen-bond acceptors (Lipinski definition) is 2. The van der Waals surface area contributed by atoms with Crippen LogP contribution in [-0.2, 0) is 0 Å². The smallest absolute Gasteiger partial charge is 0.168 e. The molecule has 1 heterocycles. The van der Waals surface area contributed by atoms with E-state index in [0.29, 0.717) is 0 Å². The van der Waals surface area contributed by atoms with E-state index in [1.54, 1.807) is 12.4 Å². The van der Waals surface area contributed by atoms with Gasteiger partial charge in [0.1, 0.15) is 5.82 Å². The summed E-state index contributed by atoms with van der Waals surface area (Å²) < 4.78 is 0. The molecule has 0 aliphatic rings. The molecular weight excluding hydrogens is 212 g/mol. The lowest BCUT2D eigenvalue weighted by Gasteiger charge is -2.16. The molecular formula is C14H16N2O. The predicted molar refractivity (Wildman–Crippen MR) is 67.8 cm³/mol. The van der Waals surface area contributed by atoms with Crippen molar-refractivity contribution in [1.82, 2.24) is 9.97 Å². The largest absolute Gasteiger partial charge is 0.345 e. The monoisotopic (exact) mass is 228 g/mol. The maximum atomic E-state index is 12.2. The van der Waals surface area contributed by atoms with E-state index in [4.69, 9.17) is 0 Å². The Hall–Kier alpha value is -1.90. The quantitative estimate of drug-likeness (QED) is 0.801. The van der Waals surface area contributed by atoms with Crippen LogP contribution in [0.2, 0.25) is 0 Å². The van der Waals surface area contributed by atoms with Crippen LogP contribution in [0.3, 0.4) is 0 Å². The third kappa shape index (κ3) is 2.44. The van der Waals surface area contributed by atoms with E-state index >= 15 is 0 Å². The number of imidazole rings is 1. The molecule has 0 saturated heterocycles. The molecule has 0 saturated carbocycles. The second-order valence-electron chi connectivity index (χ2n) is 5.10. The zero-order valence-corrected chi connectivity index (χ0v) is 10.3. The first-order valence-electron chi connectivity index (χ1n) is 5.63. The lowest BCUT2D eigenvalue weighted by Crippen LogP contribution is -2.20. The molecule has 3 heteroatoms. The van der Waals surface area contributed by atoms with Crippen LogP contribution in [0.1, 0.15) is 31.1 Å². The van der Waals surface area contributed by atoms with E-state index < -0.39 is 0 Å². The van der Waals surface area contributed by atoms with Gasteiger partial charge in [0.2, 0.25) is 0 Å². The van der Waals surface area contributed by atoms with Crippen LogP contribution in [0.15, 0.2) is 36.7 Å². The number of aromatic nitrogens is 2. The molecule has 1 N–H and O–H groups in total. The first-order chi connectivity index (χ1) is 7.98. The van der Waals surface area contributed by atoms with Crippen molar-refractivity contribution in [3.8, 4) is 11.4 Å². The highest BCUT2D eigenvalue weighted by molar-refractivity contribution is 6.00. The van der Waals surface area contributed by atoms with Crippen LogP contribution in [0, 0.1) is 5.41 Å². The summed E-state index contributed by atoms with van der Waals surface area (Å²) in [7, 11) is 0. The first kappa shape index (κ1) is 11.6. The van der Waals surface area contributed by atoms with E-state index in [2.05, 4.69) is 9.97 Å². The lowest BCUT2D eigenvalue weighted by molar-refractivity contribution is 0.0858. The van der Waals surface area contributed by atoms with Gasteiger partial charge in [-0.2, -0.15) is 0 Å². The van der Waals surface area contributed by atoms with E-state index in [1.807, 2.05) is 45.0 Å². The number of aromatic amines is 1. The maximum absolute atomic E-state index is 12.2. The zero-order chi connectivity index (χ0) is 12.5. The fourth-order valence-corrected chi connectivity index (χ4v) is 1.66. The number of rotatable bonds is 2. The van der Waals surface area contributed by atoms with Crippen LogP contribution in [0.25, 0.3) is 11.4 Å². The fourth-order valence-electron chi connectivity index (χ4n) is 1.66. The molecule has 0 bridgehead atoms. The van der Waals surface area contributed by atoms with Crippen molar-refractivity contribution in [2.24, 2.45) is 5.41 Å². The summed E-state index contributed by atoms with van der Waals surface area (Å²) in [5, 5.41) is 0. The fraction of sp³-hybridized carbons (Fsp3) is 0.286. The SMILES string of the molecule is CC(C)(C)C(=O)c1cccc(-c2ncc[nH]2)c1. The molecule has 0 aliphatic heterocycles. The highest BCUT2D eigenvalue weighted by Crippen LogP contribution is 2.23. The van der Waals surface area contributed by atoms with Gasteiger partial charge in [0.25, 0.3) is 0 Å². The second-order valence-corrected chi connectivity index (χ2v) is 5.10. The Morgan fingerprint density at radius 3 is 2.65 bits per heavy atom. The Bertz CT molecular complexity index is 521. The molecule has 88 valence electrons. The number of nitrogens with one attached hydrogen (secondary N) is 1. The van der Waals surface area contributed by atoms with Crippen LogP contribution in [0.4, 0.5) is 0 Å². The predicted octanol–water partition coefficient (Wildman–Crippen LogP) is 3.31. The topological polar surface area (TPSA) is 45.8 Å². The third-order valence-electron chi connectivity index (χ3n) is 2.58. The van der Waals surface area contributed by atoms with Crippen molar-refractivity contribution in [1.29, 1.82) is 0 Å². The molecule has 0 fully saturated rings. The molecule has 0 atom stereocenters. The Labute approximate surface area is 101 Å². The van der Waals surface area contributed by atoms with Crippen molar-refractivity contribution >= 4 is 5.78 Å². The molecule has 0 aliphatic carbocycles. The summed E-state index contributed by atoms with van der Waals surface area (Å²) in [5.74, 6) is 0.930. The second kappa shape index (κ2) is 4.17. The summed E-state index contributed by atoms with van der Waals surface area (Å²) in [6.07, 6.45) is 3.47. The average Bonchev–Trinajstić information content (AvgIpc) is 2.80. The van der Waals surface area contributed by atoms with Crippen molar-refractivity contribution in [2.45, 2.75) is 20.8 Å². The highest BCUT2D eigenvalue weighted by Gasteiger charge is 2.23. The number of ketones is 1. The van der Waals surface area contributed by atoms with Gasteiger partial charge >= 0.3 is 0 Å². The van der Waals surface area contributed by atoms with Gasteiger partial charge in [0.05, 0.1) is 0 Å². The van der Waals surface area contributed by atoms with E-state index in [1.165, 1.54) is 0 Å². The minimum absolute atomic E-state index is 0.144. The Kier molecular flexibility index (Phi) is 2.84. The molecule has 0 unspecified atom stereocenters. The Morgan fingerprint density at radius 2 is 2.06 bits per heavy atom. The van der Waals surface area contributed by atoms with Crippen molar-refractivity contribution in [3.05, 3.63) is 42.2 Å². The summed E-state index contributed by atoms with van der Waals surface area (Å²) in [5.41, 5.74) is 1.30. The number of H-pyrrole nitrogens is 1. The van der Waals surface area contributed by atoms with Gasteiger partial charge in [-0.3, -0.25) is 4.79 Å². The average molecular weight is 228 g/mol. The van der Waals surface area contributed by atoms with Gasteiger partial charge < -0.3 is 4.98 Å². The minimum atomic E-state index is -0.359. The van der Waals surface area contributed by atoms with Gasteiger partial charge in [0.15, 0.2) is 5.78 Å². The molecule has 1 aromatic heterocycles. The molecule has 1 aromatic carbocycles. The Balaban J connectivity index is 2.39. The molecule has 17 heavy (non-hydrogen) atoms. The number of benzene rings is 1. The number of nitrogens with zero attached hydrogens (tertiary/aromatic N) is 1. The van der Waals surface area contributed by atoms with Gasteiger partial charge in [0, 0.05) is 28.9 Å². The van der Waals surface area contributed by atoms with E-state index in [-0.39, 0.29) is 11.2 Å².